The smallest absolute Gasteiger partial charge is 0.227 e. The van der Waals surface area contributed by atoms with Gasteiger partial charge in [0.05, 0.1) is 11.3 Å². The van der Waals surface area contributed by atoms with Gasteiger partial charge in [-0.3, -0.25) is 4.79 Å². The molecule has 0 spiro atoms. The first-order valence-corrected chi connectivity index (χ1v) is 10.3. The molecule has 1 atom stereocenters. The number of anilines is 1. The van der Waals surface area contributed by atoms with Gasteiger partial charge in [0.25, 0.3) is 0 Å². The Bertz CT molecular complexity index is 753. The van der Waals surface area contributed by atoms with Gasteiger partial charge in [-0.2, -0.15) is 0 Å². The third-order valence-electron chi connectivity index (χ3n) is 5.45. The van der Waals surface area contributed by atoms with Crippen molar-refractivity contribution in [1.29, 1.82) is 0 Å². The predicted molar refractivity (Wildman–Crippen MR) is 102 cm³/mol. The highest BCUT2D eigenvalue weighted by Gasteiger charge is 2.31. The van der Waals surface area contributed by atoms with Crippen LogP contribution in [0.4, 0.5) is 5.82 Å². The van der Waals surface area contributed by atoms with Gasteiger partial charge < -0.3 is 9.80 Å². The Kier molecular flexibility index (Phi) is 4.88. The summed E-state index contributed by atoms with van der Waals surface area (Å²) in [5, 5.41) is 1.15. The first kappa shape index (κ1) is 16.8. The van der Waals surface area contributed by atoms with Gasteiger partial charge in [0.1, 0.15) is 17.0 Å². The number of fused-ring (bicyclic) bond motifs is 1. The lowest BCUT2D eigenvalue weighted by molar-refractivity contribution is -0.136. The van der Waals surface area contributed by atoms with Crippen LogP contribution < -0.4 is 4.90 Å². The van der Waals surface area contributed by atoms with Gasteiger partial charge in [-0.1, -0.05) is 6.92 Å². The lowest BCUT2D eigenvalue weighted by Gasteiger charge is -2.36. The number of piperidine rings is 2. The average Bonchev–Trinajstić information content (AvgIpc) is 3.11. The van der Waals surface area contributed by atoms with Crippen molar-refractivity contribution in [3.05, 3.63) is 17.3 Å². The van der Waals surface area contributed by atoms with Crippen molar-refractivity contribution in [2.45, 2.75) is 45.4 Å². The molecule has 25 heavy (non-hydrogen) atoms. The van der Waals surface area contributed by atoms with E-state index in [4.69, 9.17) is 0 Å². The molecule has 0 bridgehead atoms. The molecule has 0 saturated carbocycles. The van der Waals surface area contributed by atoms with Crippen LogP contribution in [0.3, 0.4) is 0 Å². The maximum absolute atomic E-state index is 12.9. The Morgan fingerprint density at radius 3 is 2.84 bits per heavy atom. The molecule has 4 rings (SSSR count). The molecule has 2 aromatic rings. The molecule has 2 aliphatic rings. The summed E-state index contributed by atoms with van der Waals surface area (Å²) < 4.78 is 0. The first-order chi connectivity index (χ1) is 12.3. The molecule has 2 fully saturated rings. The molecule has 0 radical (unpaired) electrons. The second-order valence-corrected chi connectivity index (χ2v) is 8.27. The summed E-state index contributed by atoms with van der Waals surface area (Å²) in [6.45, 7) is 5.83. The molecule has 0 N–H and O–H groups in total. The number of nitrogens with zero attached hydrogens (tertiary/aromatic N) is 4. The average molecular weight is 359 g/mol. The summed E-state index contributed by atoms with van der Waals surface area (Å²) in [5.41, 5.74) is 0. The minimum absolute atomic E-state index is 0.112. The van der Waals surface area contributed by atoms with E-state index in [1.807, 2.05) is 0 Å². The van der Waals surface area contributed by atoms with Crippen LogP contribution in [0, 0.1) is 5.92 Å². The lowest BCUT2D eigenvalue weighted by Crippen LogP contribution is -2.46. The second kappa shape index (κ2) is 7.28. The van der Waals surface area contributed by atoms with E-state index in [1.165, 1.54) is 11.3 Å². The van der Waals surface area contributed by atoms with Crippen molar-refractivity contribution in [3.63, 3.8) is 0 Å². The number of thiophene rings is 1. The molecular formula is C19H26N4OS. The maximum Gasteiger partial charge on any atom is 0.227 e. The fourth-order valence-corrected chi connectivity index (χ4v) is 4.99. The number of hydrogen-bond donors (Lipinski definition) is 0. The van der Waals surface area contributed by atoms with Gasteiger partial charge in [-0.25, -0.2) is 9.97 Å². The first-order valence-electron chi connectivity index (χ1n) is 9.53. The number of likely N-dealkylation sites (tertiary alicyclic amines) is 1. The van der Waals surface area contributed by atoms with E-state index in [-0.39, 0.29) is 5.92 Å². The van der Waals surface area contributed by atoms with Gasteiger partial charge in [-0.15, -0.1) is 11.3 Å². The van der Waals surface area contributed by atoms with E-state index >= 15 is 0 Å². The predicted octanol–water partition coefficient (Wildman–Crippen LogP) is 3.48. The van der Waals surface area contributed by atoms with E-state index in [1.54, 1.807) is 17.7 Å². The molecule has 0 aromatic carbocycles. The summed E-state index contributed by atoms with van der Waals surface area (Å²) in [4.78, 5) is 28.7. The van der Waals surface area contributed by atoms with E-state index in [0.29, 0.717) is 5.91 Å². The SMILES string of the molecule is CCc1cc2c(N3CCC[C@H](C(=O)N4CCCCC4)C3)ncnc2s1. The largest absolute Gasteiger partial charge is 0.355 e. The zero-order valence-electron chi connectivity index (χ0n) is 14.9. The Labute approximate surface area is 153 Å². The molecule has 134 valence electrons. The van der Waals surface area contributed by atoms with Gasteiger partial charge in [0, 0.05) is 31.1 Å². The number of rotatable bonds is 3. The van der Waals surface area contributed by atoms with Gasteiger partial charge >= 0.3 is 0 Å². The molecule has 5 nitrogen and oxygen atoms in total. The zero-order valence-corrected chi connectivity index (χ0v) is 15.7. The molecule has 4 heterocycles. The van der Waals surface area contributed by atoms with E-state index in [2.05, 4.69) is 32.8 Å². The third-order valence-corrected chi connectivity index (χ3v) is 6.63. The quantitative estimate of drug-likeness (QED) is 0.843. The van der Waals surface area contributed by atoms with Crippen molar-refractivity contribution in [2.24, 2.45) is 5.92 Å². The molecule has 0 unspecified atom stereocenters. The number of amides is 1. The highest BCUT2D eigenvalue weighted by molar-refractivity contribution is 7.18. The van der Waals surface area contributed by atoms with Crippen LogP contribution in [0.5, 0.6) is 0 Å². The summed E-state index contributed by atoms with van der Waals surface area (Å²) in [7, 11) is 0. The third kappa shape index (κ3) is 3.36. The van der Waals surface area contributed by atoms with Crippen LogP contribution in [-0.2, 0) is 11.2 Å². The van der Waals surface area contributed by atoms with Crippen molar-refractivity contribution in [1.82, 2.24) is 14.9 Å². The molecule has 2 saturated heterocycles. The Hall–Kier alpha value is -1.69. The van der Waals surface area contributed by atoms with Crippen LogP contribution in [0.1, 0.15) is 43.9 Å². The van der Waals surface area contributed by atoms with Gasteiger partial charge in [-0.05, 0) is 44.6 Å². The molecule has 2 aliphatic heterocycles. The summed E-state index contributed by atoms with van der Waals surface area (Å²) in [6.07, 6.45) is 8.33. The summed E-state index contributed by atoms with van der Waals surface area (Å²) in [5.74, 6) is 1.48. The summed E-state index contributed by atoms with van der Waals surface area (Å²) in [6, 6.07) is 2.23. The number of aryl methyl sites for hydroxylation is 1. The standard InChI is InChI=1S/C19H26N4OS/c1-2-15-11-16-17(20-13-21-18(16)25-15)23-10-6-7-14(12-23)19(24)22-8-4-3-5-9-22/h11,13-14H,2-10,12H2,1H3/t14-/m0/s1. The number of carbonyl (C=O) groups excluding carboxylic acids is 1. The minimum atomic E-state index is 0.112. The molecule has 2 aromatic heterocycles. The lowest BCUT2D eigenvalue weighted by atomic mass is 9.95. The Morgan fingerprint density at radius 2 is 2.04 bits per heavy atom. The highest BCUT2D eigenvalue weighted by Crippen LogP contribution is 2.33. The summed E-state index contributed by atoms with van der Waals surface area (Å²) >= 11 is 1.75. The molecule has 1 amide bonds. The minimum Gasteiger partial charge on any atom is -0.355 e. The Morgan fingerprint density at radius 1 is 1.20 bits per heavy atom. The van der Waals surface area contributed by atoms with Crippen LogP contribution >= 0.6 is 11.3 Å². The van der Waals surface area contributed by atoms with Crippen LogP contribution in [0.15, 0.2) is 12.4 Å². The van der Waals surface area contributed by atoms with Crippen LogP contribution in [0.2, 0.25) is 0 Å². The fraction of sp³-hybridized carbons (Fsp3) is 0.632. The Balaban J connectivity index is 1.55. The van der Waals surface area contributed by atoms with Crippen molar-refractivity contribution in [3.8, 4) is 0 Å². The normalized spacial score (nSPS) is 21.7. The zero-order chi connectivity index (χ0) is 17.2. The van der Waals surface area contributed by atoms with Crippen molar-refractivity contribution in [2.75, 3.05) is 31.1 Å². The van der Waals surface area contributed by atoms with Crippen LogP contribution in [-0.4, -0.2) is 47.0 Å². The fourth-order valence-electron chi connectivity index (χ4n) is 4.06. The monoisotopic (exact) mass is 358 g/mol. The van der Waals surface area contributed by atoms with E-state index in [9.17, 15) is 4.79 Å². The van der Waals surface area contributed by atoms with Crippen molar-refractivity contribution >= 4 is 33.3 Å². The second-order valence-electron chi connectivity index (χ2n) is 7.15. The molecular weight excluding hydrogens is 332 g/mol. The van der Waals surface area contributed by atoms with E-state index in [0.717, 1.165) is 74.3 Å². The van der Waals surface area contributed by atoms with Gasteiger partial charge in [0.15, 0.2) is 0 Å². The van der Waals surface area contributed by atoms with Crippen LogP contribution in [0.25, 0.3) is 10.2 Å². The van der Waals surface area contributed by atoms with Crippen molar-refractivity contribution < 1.29 is 4.79 Å². The molecule has 6 heteroatoms. The highest BCUT2D eigenvalue weighted by atomic mass is 32.1. The van der Waals surface area contributed by atoms with E-state index < -0.39 is 0 Å². The number of aromatic nitrogens is 2. The molecule has 0 aliphatic carbocycles. The van der Waals surface area contributed by atoms with Gasteiger partial charge in [0.2, 0.25) is 5.91 Å². The number of carbonyl (C=O) groups is 1. The number of hydrogen-bond acceptors (Lipinski definition) is 5. The maximum atomic E-state index is 12.9. The topological polar surface area (TPSA) is 49.3 Å².